The van der Waals surface area contributed by atoms with Crippen LogP contribution >= 0.6 is 11.3 Å². The molecule has 0 bridgehead atoms. The van der Waals surface area contributed by atoms with Crippen LogP contribution in [0.25, 0.3) is 10.2 Å². The van der Waals surface area contributed by atoms with E-state index in [4.69, 9.17) is 14.2 Å². The lowest BCUT2D eigenvalue weighted by Gasteiger charge is -2.32. The van der Waals surface area contributed by atoms with Gasteiger partial charge >= 0.3 is 6.09 Å². The second-order valence-electron chi connectivity index (χ2n) is 9.31. The molecule has 0 saturated carbocycles. The number of methoxy groups -OCH3 is 1. The van der Waals surface area contributed by atoms with Crippen LogP contribution in [0.15, 0.2) is 12.1 Å². The molecular weight excluding hydrogens is 444 g/mol. The molecule has 1 aromatic carbocycles. The van der Waals surface area contributed by atoms with E-state index in [0.29, 0.717) is 50.0 Å². The van der Waals surface area contributed by atoms with Crippen molar-refractivity contribution in [2.45, 2.75) is 39.2 Å². The number of nitrogens with zero attached hydrogens (tertiary/aromatic N) is 3. The molecule has 0 aliphatic carbocycles. The van der Waals surface area contributed by atoms with Crippen molar-refractivity contribution >= 4 is 44.4 Å². The largest absolute Gasteiger partial charge is 0.494 e. The maximum atomic E-state index is 13.0. The van der Waals surface area contributed by atoms with Crippen LogP contribution in [0, 0.1) is 5.92 Å². The standard InChI is InChI=1S/C23H32N4O5S/c1-23(2,3)32-22(29)27-9-7-15(8-10-27)20(28)25-21-24-18-17(30-4)6-5-16(19(18)33-21)26-11-13-31-14-12-26/h5-6,15H,7-14H2,1-4H3,(H,24,25,28). The van der Waals surface area contributed by atoms with Gasteiger partial charge in [0.2, 0.25) is 5.91 Å². The Bertz CT molecular complexity index is 1000. The quantitative estimate of drug-likeness (QED) is 0.719. The number of carbonyl (C=O) groups excluding carboxylic acids is 2. The number of anilines is 2. The van der Waals surface area contributed by atoms with Crippen molar-refractivity contribution in [1.29, 1.82) is 0 Å². The highest BCUT2D eigenvalue weighted by Gasteiger charge is 2.30. The lowest BCUT2D eigenvalue weighted by atomic mass is 9.96. The van der Waals surface area contributed by atoms with Crippen LogP contribution in [0.2, 0.25) is 0 Å². The SMILES string of the molecule is COc1ccc(N2CCOCC2)c2sc(NC(=O)C3CCN(C(=O)OC(C)(C)C)CC3)nc12. The van der Waals surface area contributed by atoms with Crippen molar-refractivity contribution in [3.63, 3.8) is 0 Å². The first-order valence-corrected chi connectivity index (χ1v) is 12.2. The second-order valence-corrected chi connectivity index (χ2v) is 10.3. The molecular formula is C23H32N4O5S. The van der Waals surface area contributed by atoms with Gasteiger partial charge in [0.05, 0.1) is 30.7 Å². The van der Waals surface area contributed by atoms with Crippen LogP contribution in [0.1, 0.15) is 33.6 Å². The van der Waals surface area contributed by atoms with Crippen molar-refractivity contribution in [2.75, 3.05) is 56.7 Å². The molecule has 1 N–H and O–H groups in total. The van der Waals surface area contributed by atoms with E-state index < -0.39 is 5.60 Å². The fourth-order valence-corrected chi connectivity index (χ4v) is 5.13. The first-order valence-electron chi connectivity index (χ1n) is 11.3. The summed E-state index contributed by atoms with van der Waals surface area (Å²) in [7, 11) is 1.62. The van der Waals surface area contributed by atoms with Crippen LogP contribution in [-0.4, -0.2) is 74.0 Å². The lowest BCUT2D eigenvalue weighted by Crippen LogP contribution is -2.43. The summed E-state index contributed by atoms with van der Waals surface area (Å²) in [4.78, 5) is 33.9. The van der Waals surface area contributed by atoms with Gasteiger partial charge in [-0.1, -0.05) is 11.3 Å². The van der Waals surface area contributed by atoms with E-state index in [0.717, 1.165) is 29.0 Å². The predicted octanol–water partition coefficient (Wildman–Crippen LogP) is 3.73. The first kappa shape index (κ1) is 23.6. The molecule has 3 heterocycles. The fraction of sp³-hybridized carbons (Fsp3) is 0.609. The Kier molecular flexibility index (Phi) is 6.94. The molecule has 0 atom stereocenters. The van der Waals surface area contributed by atoms with E-state index in [2.05, 4.69) is 15.2 Å². The highest BCUT2D eigenvalue weighted by molar-refractivity contribution is 7.23. The third-order valence-electron chi connectivity index (χ3n) is 5.81. The Labute approximate surface area is 198 Å². The van der Waals surface area contributed by atoms with Crippen LogP contribution in [0.4, 0.5) is 15.6 Å². The summed E-state index contributed by atoms with van der Waals surface area (Å²) < 4.78 is 17.4. The van der Waals surface area contributed by atoms with Gasteiger partial charge in [-0.05, 0) is 45.7 Å². The van der Waals surface area contributed by atoms with E-state index in [1.807, 2.05) is 32.9 Å². The van der Waals surface area contributed by atoms with E-state index in [9.17, 15) is 9.59 Å². The zero-order chi connectivity index (χ0) is 23.6. The smallest absolute Gasteiger partial charge is 0.410 e. The van der Waals surface area contributed by atoms with Gasteiger partial charge in [-0.3, -0.25) is 4.79 Å². The number of likely N-dealkylation sites (tertiary alicyclic amines) is 1. The maximum Gasteiger partial charge on any atom is 0.410 e. The fourth-order valence-electron chi connectivity index (χ4n) is 4.10. The third-order valence-corrected chi connectivity index (χ3v) is 6.80. The summed E-state index contributed by atoms with van der Waals surface area (Å²) >= 11 is 1.46. The molecule has 33 heavy (non-hydrogen) atoms. The molecule has 9 nitrogen and oxygen atoms in total. The Morgan fingerprint density at radius 3 is 2.48 bits per heavy atom. The van der Waals surface area contributed by atoms with Crippen molar-refractivity contribution in [3.05, 3.63) is 12.1 Å². The van der Waals surface area contributed by atoms with Crippen molar-refractivity contribution in [2.24, 2.45) is 5.92 Å². The van der Waals surface area contributed by atoms with Gasteiger partial charge in [-0.2, -0.15) is 0 Å². The number of nitrogens with one attached hydrogen (secondary N) is 1. The Morgan fingerprint density at radius 1 is 1.15 bits per heavy atom. The van der Waals surface area contributed by atoms with Gasteiger partial charge in [0.25, 0.3) is 0 Å². The van der Waals surface area contributed by atoms with Crippen molar-refractivity contribution in [3.8, 4) is 5.75 Å². The number of ether oxygens (including phenoxy) is 3. The van der Waals surface area contributed by atoms with Crippen LogP contribution in [-0.2, 0) is 14.3 Å². The van der Waals surface area contributed by atoms with E-state index in [1.165, 1.54) is 11.3 Å². The molecule has 0 radical (unpaired) electrons. The summed E-state index contributed by atoms with van der Waals surface area (Å²) in [6.07, 6.45) is 0.867. The molecule has 2 aliphatic heterocycles. The van der Waals surface area contributed by atoms with E-state index >= 15 is 0 Å². The van der Waals surface area contributed by atoms with E-state index in [1.54, 1.807) is 12.0 Å². The molecule has 10 heteroatoms. The molecule has 1 aromatic heterocycles. The molecule has 0 spiro atoms. The minimum absolute atomic E-state index is 0.0650. The van der Waals surface area contributed by atoms with Crippen LogP contribution in [0.3, 0.4) is 0 Å². The van der Waals surface area contributed by atoms with Crippen molar-refractivity contribution < 1.29 is 23.8 Å². The number of aromatic nitrogens is 1. The maximum absolute atomic E-state index is 13.0. The van der Waals surface area contributed by atoms with Gasteiger partial charge in [-0.15, -0.1) is 0 Å². The van der Waals surface area contributed by atoms with Gasteiger partial charge in [0, 0.05) is 32.1 Å². The second kappa shape index (κ2) is 9.72. The summed E-state index contributed by atoms with van der Waals surface area (Å²) in [6.45, 7) is 9.57. The average molecular weight is 477 g/mol. The number of morpholine rings is 1. The summed E-state index contributed by atoms with van der Waals surface area (Å²) in [5.41, 5.74) is 1.30. The summed E-state index contributed by atoms with van der Waals surface area (Å²) in [6, 6.07) is 3.97. The van der Waals surface area contributed by atoms with Gasteiger partial charge in [0.1, 0.15) is 16.9 Å². The molecule has 2 amide bonds. The number of hydrogen-bond acceptors (Lipinski definition) is 8. The molecule has 2 aliphatic rings. The average Bonchev–Trinajstić information content (AvgIpc) is 3.21. The number of thiazole rings is 1. The molecule has 2 aromatic rings. The minimum Gasteiger partial charge on any atom is -0.494 e. The Hall–Kier alpha value is -2.59. The number of benzene rings is 1. The van der Waals surface area contributed by atoms with Gasteiger partial charge in [0.15, 0.2) is 5.13 Å². The Morgan fingerprint density at radius 2 is 1.85 bits per heavy atom. The highest BCUT2D eigenvalue weighted by atomic mass is 32.1. The van der Waals surface area contributed by atoms with Crippen molar-refractivity contribution in [1.82, 2.24) is 9.88 Å². The number of amides is 2. The zero-order valence-electron chi connectivity index (χ0n) is 19.7. The molecule has 2 saturated heterocycles. The summed E-state index contributed by atoms with van der Waals surface area (Å²) in [5, 5.41) is 3.56. The first-order chi connectivity index (χ1) is 15.7. The zero-order valence-corrected chi connectivity index (χ0v) is 20.5. The topological polar surface area (TPSA) is 93.2 Å². The number of piperidine rings is 1. The van der Waals surface area contributed by atoms with Gasteiger partial charge < -0.3 is 29.3 Å². The lowest BCUT2D eigenvalue weighted by molar-refractivity contribution is -0.121. The molecule has 2 fully saturated rings. The minimum atomic E-state index is -0.528. The third kappa shape index (κ3) is 5.50. The monoisotopic (exact) mass is 476 g/mol. The molecule has 180 valence electrons. The predicted molar refractivity (Wildman–Crippen MR) is 128 cm³/mol. The highest BCUT2D eigenvalue weighted by Crippen LogP contribution is 2.40. The number of fused-ring (bicyclic) bond motifs is 1. The Balaban J connectivity index is 1.43. The molecule has 0 unspecified atom stereocenters. The molecule has 4 rings (SSSR count). The number of rotatable bonds is 4. The van der Waals surface area contributed by atoms with E-state index in [-0.39, 0.29) is 17.9 Å². The number of hydrogen-bond donors (Lipinski definition) is 1. The number of carbonyl (C=O) groups is 2. The normalized spacial score (nSPS) is 17.8. The van der Waals surface area contributed by atoms with Crippen LogP contribution in [0.5, 0.6) is 5.75 Å². The van der Waals surface area contributed by atoms with Gasteiger partial charge in [-0.25, -0.2) is 9.78 Å². The van der Waals surface area contributed by atoms with Crippen LogP contribution < -0.4 is 15.0 Å². The summed E-state index contributed by atoms with van der Waals surface area (Å²) in [5.74, 6) is 0.450.